The van der Waals surface area contributed by atoms with Crippen molar-refractivity contribution in [2.45, 2.75) is 19.6 Å². The second kappa shape index (κ2) is 5.16. The Balaban J connectivity index is 2.10. The van der Waals surface area contributed by atoms with Crippen molar-refractivity contribution in [3.63, 3.8) is 0 Å². The summed E-state index contributed by atoms with van der Waals surface area (Å²) in [5.41, 5.74) is -0.969. The first kappa shape index (κ1) is 14.6. The van der Waals surface area contributed by atoms with Gasteiger partial charge in [-0.05, 0) is 24.5 Å². The smallest absolute Gasteiger partial charge is 0.294 e. The molecule has 0 unspecified atom stereocenters. The van der Waals surface area contributed by atoms with Gasteiger partial charge in [0.1, 0.15) is 5.69 Å². The molecule has 3 heterocycles. The molecule has 0 saturated carbocycles. The molecule has 0 amide bonds. The minimum absolute atomic E-state index is 0.0842. The van der Waals surface area contributed by atoms with Gasteiger partial charge in [-0.2, -0.15) is 17.5 Å². The highest BCUT2D eigenvalue weighted by atomic mass is 32.1. The van der Waals surface area contributed by atoms with Gasteiger partial charge in [-0.25, -0.2) is 4.98 Å². The second-order valence-electron chi connectivity index (χ2n) is 4.63. The summed E-state index contributed by atoms with van der Waals surface area (Å²) in [5, 5.41) is 0.338. The number of hydrogen-bond acceptors (Lipinski definition) is 5. The number of aryl methyl sites for hydroxylation is 1. The lowest BCUT2D eigenvalue weighted by molar-refractivity contribution is -0.141. The Labute approximate surface area is 126 Å². The van der Waals surface area contributed by atoms with E-state index >= 15 is 0 Å². The monoisotopic (exact) mass is 326 g/mol. The van der Waals surface area contributed by atoms with Crippen LogP contribution in [0.2, 0.25) is 0 Å². The number of fused-ring (bicyclic) bond motifs is 1. The van der Waals surface area contributed by atoms with E-state index in [0.717, 1.165) is 22.3 Å². The Morgan fingerprint density at radius 2 is 2.09 bits per heavy atom. The van der Waals surface area contributed by atoms with Crippen LogP contribution in [0.5, 0.6) is 0 Å². The van der Waals surface area contributed by atoms with Crippen molar-refractivity contribution in [1.29, 1.82) is 0 Å². The number of halogens is 3. The molecule has 0 N–H and O–H groups in total. The van der Waals surface area contributed by atoms with E-state index in [2.05, 4.69) is 14.3 Å². The van der Waals surface area contributed by atoms with E-state index in [1.54, 1.807) is 6.92 Å². The lowest BCUT2D eigenvalue weighted by atomic mass is 10.2. The average molecular weight is 326 g/mol. The summed E-state index contributed by atoms with van der Waals surface area (Å²) in [6.07, 6.45) is -2.27. The van der Waals surface area contributed by atoms with Crippen LogP contribution in [0.15, 0.2) is 29.5 Å². The predicted octanol–water partition coefficient (Wildman–Crippen LogP) is 2.62. The Morgan fingerprint density at radius 3 is 2.82 bits per heavy atom. The summed E-state index contributed by atoms with van der Waals surface area (Å²) in [5.74, 6) is 0. The van der Waals surface area contributed by atoms with E-state index in [9.17, 15) is 18.0 Å². The third-order valence-electron chi connectivity index (χ3n) is 3.13. The van der Waals surface area contributed by atoms with Gasteiger partial charge in [-0.1, -0.05) is 6.07 Å². The Bertz CT molecular complexity index is 900. The molecule has 9 heteroatoms. The number of rotatable bonds is 2. The zero-order valence-electron chi connectivity index (χ0n) is 11.3. The quantitative estimate of drug-likeness (QED) is 0.726. The molecule has 0 saturated heterocycles. The lowest BCUT2D eigenvalue weighted by Crippen LogP contribution is -2.23. The fourth-order valence-electron chi connectivity index (χ4n) is 2.13. The van der Waals surface area contributed by atoms with Gasteiger partial charge in [-0.3, -0.25) is 14.3 Å². The van der Waals surface area contributed by atoms with Crippen LogP contribution in [0, 0.1) is 6.92 Å². The van der Waals surface area contributed by atoms with Crippen LogP contribution < -0.4 is 5.56 Å². The molecular formula is C13H9F3N4OS. The van der Waals surface area contributed by atoms with Crippen LogP contribution >= 0.6 is 11.5 Å². The van der Waals surface area contributed by atoms with Crippen molar-refractivity contribution < 1.29 is 13.2 Å². The fraction of sp³-hybridized carbons (Fsp3) is 0.231. The van der Waals surface area contributed by atoms with Gasteiger partial charge < -0.3 is 0 Å². The molecule has 0 bridgehead atoms. The highest BCUT2D eigenvalue weighted by Gasteiger charge is 2.35. The number of pyridine rings is 1. The molecule has 0 aromatic carbocycles. The summed E-state index contributed by atoms with van der Waals surface area (Å²) in [6.45, 7) is 1.41. The molecule has 3 aromatic rings. The first-order valence-electron chi connectivity index (χ1n) is 6.20. The summed E-state index contributed by atoms with van der Waals surface area (Å²) < 4.78 is 44.0. The van der Waals surface area contributed by atoms with Gasteiger partial charge in [0.15, 0.2) is 4.83 Å². The minimum Gasteiger partial charge on any atom is -0.294 e. The molecular weight excluding hydrogens is 317 g/mol. The van der Waals surface area contributed by atoms with Crippen molar-refractivity contribution in [3.05, 3.63) is 52.0 Å². The molecule has 0 atom stereocenters. The van der Waals surface area contributed by atoms with E-state index < -0.39 is 17.4 Å². The summed E-state index contributed by atoms with van der Waals surface area (Å²) in [7, 11) is 0. The molecule has 0 fully saturated rings. The molecule has 114 valence electrons. The maximum Gasteiger partial charge on any atom is 0.433 e. The van der Waals surface area contributed by atoms with E-state index in [4.69, 9.17) is 0 Å². The average Bonchev–Trinajstić information content (AvgIpc) is 2.83. The normalized spacial score (nSPS) is 12.0. The van der Waals surface area contributed by atoms with Gasteiger partial charge in [0.2, 0.25) is 0 Å². The van der Waals surface area contributed by atoms with Gasteiger partial charge >= 0.3 is 6.18 Å². The maximum atomic E-state index is 12.9. The summed E-state index contributed by atoms with van der Waals surface area (Å²) in [6, 6.07) is 2.70. The Kier molecular flexibility index (Phi) is 3.44. The van der Waals surface area contributed by atoms with Gasteiger partial charge in [0.25, 0.3) is 5.56 Å². The number of alkyl halides is 3. The summed E-state index contributed by atoms with van der Waals surface area (Å²) >= 11 is 1.08. The standard InChI is InChI=1S/C13H9F3N4OS/c1-7-9-11(22-19-7)18-6-20(12(9)21)5-8-3-2-4-17-10(8)13(14,15)16/h2-4,6H,5H2,1H3. The van der Waals surface area contributed by atoms with Crippen LogP contribution in [-0.4, -0.2) is 18.9 Å². The van der Waals surface area contributed by atoms with Gasteiger partial charge in [-0.15, -0.1) is 0 Å². The van der Waals surface area contributed by atoms with Crippen molar-refractivity contribution >= 4 is 21.7 Å². The third kappa shape index (κ3) is 2.47. The first-order chi connectivity index (χ1) is 10.4. The largest absolute Gasteiger partial charge is 0.433 e. The van der Waals surface area contributed by atoms with Crippen LogP contribution in [0.4, 0.5) is 13.2 Å². The minimum atomic E-state index is -4.57. The summed E-state index contributed by atoms with van der Waals surface area (Å²) in [4.78, 5) is 20.3. The fourth-order valence-corrected chi connectivity index (χ4v) is 2.86. The first-order valence-corrected chi connectivity index (χ1v) is 6.98. The second-order valence-corrected chi connectivity index (χ2v) is 5.39. The molecule has 0 aliphatic carbocycles. The molecule has 3 aromatic heterocycles. The Hall–Kier alpha value is -2.29. The lowest BCUT2D eigenvalue weighted by Gasteiger charge is -2.12. The SMILES string of the molecule is Cc1nsc2ncn(Cc3cccnc3C(F)(F)F)c(=O)c12. The van der Waals surface area contributed by atoms with Crippen LogP contribution in [-0.2, 0) is 12.7 Å². The van der Waals surface area contributed by atoms with E-state index in [0.29, 0.717) is 15.9 Å². The van der Waals surface area contributed by atoms with Crippen LogP contribution in [0.1, 0.15) is 17.0 Å². The van der Waals surface area contributed by atoms with Crippen molar-refractivity contribution in [3.8, 4) is 0 Å². The number of aromatic nitrogens is 4. The van der Waals surface area contributed by atoms with Crippen molar-refractivity contribution in [2.24, 2.45) is 0 Å². The molecule has 5 nitrogen and oxygen atoms in total. The van der Waals surface area contributed by atoms with Gasteiger partial charge in [0, 0.05) is 11.8 Å². The molecule has 0 aliphatic rings. The molecule has 0 radical (unpaired) electrons. The van der Waals surface area contributed by atoms with Gasteiger partial charge in [0.05, 0.1) is 24.0 Å². The van der Waals surface area contributed by atoms with E-state index in [1.165, 1.54) is 18.5 Å². The van der Waals surface area contributed by atoms with E-state index in [1.807, 2.05) is 0 Å². The predicted molar refractivity (Wildman–Crippen MR) is 74.8 cm³/mol. The highest BCUT2D eigenvalue weighted by molar-refractivity contribution is 7.12. The number of nitrogens with zero attached hydrogens (tertiary/aromatic N) is 4. The molecule has 22 heavy (non-hydrogen) atoms. The zero-order chi connectivity index (χ0) is 15.9. The maximum absolute atomic E-state index is 12.9. The third-order valence-corrected chi connectivity index (χ3v) is 3.98. The molecule has 0 aliphatic heterocycles. The Morgan fingerprint density at radius 1 is 1.32 bits per heavy atom. The van der Waals surface area contributed by atoms with Crippen LogP contribution in [0.25, 0.3) is 10.2 Å². The number of hydrogen-bond donors (Lipinski definition) is 0. The molecule has 0 spiro atoms. The van der Waals surface area contributed by atoms with Crippen LogP contribution in [0.3, 0.4) is 0 Å². The highest BCUT2D eigenvalue weighted by Crippen LogP contribution is 2.30. The zero-order valence-corrected chi connectivity index (χ0v) is 12.1. The topological polar surface area (TPSA) is 60.7 Å². The molecule has 3 rings (SSSR count). The van der Waals surface area contributed by atoms with Crippen molar-refractivity contribution in [1.82, 2.24) is 18.9 Å². The van der Waals surface area contributed by atoms with Crippen molar-refractivity contribution in [2.75, 3.05) is 0 Å². The van der Waals surface area contributed by atoms with E-state index in [-0.39, 0.29) is 12.1 Å².